The molecular weight excluding hydrogens is 212 g/mol. The summed E-state index contributed by atoms with van der Waals surface area (Å²) in [4.78, 5) is 11.6. The van der Waals surface area contributed by atoms with E-state index in [1.54, 1.807) is 0 Å². The molecule has 1 aromatic heterocycles. The molecule has 0 radical (unpaired) electrons. The highest BCUT2D eigenvalue weighted by atomic mass is 32.1. The lowest BCUT2D eigenvalue weighted by Gasteiger charge is -2.00. The molecule has 5 nitrogen and oxygen atoms in total. The van der Waals surface area contributed by atoms with Gasteiger partial charge in [-0.1, -0.05) is 24.7 Å². The Bertz CT molecular complexity index is 365. The predicted molar refractivity (Wildman–Crippen MR) is 58.6 cm³/mol. The average molecular weight is 226 g/mol. The molecular formula is C9H14N4OS. The summed E-state index contributed by atoms with van der Waals surface area (Å²) in [5.41, 5.74) is 5.40. The van der Waals surface area contributed by atoms with Crippen LogP contribution in [0.15, 0.2) is 0 Å². The number of carbonyl (C=O) groups is 1. The number of aromatic nitrogens is 2. The summed E-state index contributed by atoms with van der Waals surface area (Å²) < 4.78 is 0. The molecule has 1 aliphatic rings. The molecule has 1 fully saturated rings. The van der Waals surface area contributed by atoms with Crippen LogP contribution < -0.4 is 11.1 Å². The first-order valence-electron chi connectivity index (χ1n) is 5.10. The van der Waals surface area contributed by atoms with Gasteiger partial charge in [-0.3, -0.25) is 4.79 Å². The molecule has 0 spiro atoms. The van der Waals surface area contributed by atoms with E-state index in [1.165, 1.54) is 12.8 Å². The van der Waals surface area contributed by atoms with Gasteiger partial charge in [0, 0.05) is 6.04 Å². The van der Waals surface area contributed by atoms with Crippen LogP contribution in [0.4, 0.5) is 5.13 Å². The summed E-state index contributed by atoms with van der Waals surface area (Å²) in [5.74, 6) is 0.511. The quantitative estimate of drug-likeness (QED) is 0.803. The Kier molecular flexibility index (Phi) is 2.86. The van der Waals surface area contributed by atoms with E-state index in [0.717, 1.165) is 17.8 Å². The molecule has 6 heteroatoms. The van der Waals surface area contributed by atoms with Crippen LogP contribution in [0.3, 0.4) is 0 Å². The molecule has 0 aliphatic heterocycles. The van der Waals surface area contributed by atoms with Gasteiger partial charge in [-0.05, 0) is 18.8 Å². The van der Waals surface area contributed by atoms with Gasteiger partial charge in [0.25, 0.3) is 5.91 Å². The molecule has 2 rings (SSSR count). The summed E-state index contributed by atoms with van der Waals surface area (Å²) in [5, 5.41) is 10.9. The maximum atomic E-state index is 11.6. The molecule has 1 amide bonds. The fourth-order valence-electron chi connectivity index (χ4n) is 1.67. The van der Waals surface area contributed by atoms with Gasteiger partial charge in [0.05, 0.1) is 0 Å². The average Bonchev–Trinajstić information content (AvgIpc) is 2.76. The molecule has 82 valence electrons. The maximum absolute atomic E-state index is 11.6. The summed E-state index contributed by atoms with van der Waals surface area (Å²) in [6.45, 7) is 2.16. The molecule has 0 aromatic carbocycles. The van der Waals surface area contributed by atoms with Crippen molar-refractivity contribution in [2.75, 3.05) is 5.73 Å². The first-order valence-corrected chi connectivity index (χ1v) is 5.92. The third-order valence-electron chi connectivity index (χ3n) is 2.53. The summed E-state index contributed by atoms with van der Waals surface area (Å²) in [6.07, 6.45) is 3.44. The van der Waals surface area contributed by atoms with Crippen molar-refractivity contribution in [3.8, 4) is 0 Å². The lowest BCUT2D eigenvalue weighted by atomic mass is 10.2. The fraction of sp³-hybridized carbons (Fsp3) is 0.667. The van der Waals surface area contributed by atoms with Crippen molar-refractivity contribution in [1.82, 2.24) is 15.5 Å². The second-order valence-electron chi connectivity index (χ2n) is 3.81. The predicted octanol–water partition coefficient (Wildman–Crippen LogP) is 1.04. The van der Waals surface area contributed by atoms with Crippen molar-refractivity contribution in [3.63, 3.8) is 0 Å². The maximum Gasteiger partial charge on any atom is 0.282 e. The van der Waals surface area contributed by atoms with E-state index in [1.807, 2.05) is 0 Å². The first-order chi connectivity index (χ1) is 7.20. The first kappa shape index (κ1) is 10.4. The molecule has 15 heavy (non-hydrogen) atoms. The third-order valence-corrected chi connectivity index (χ3v) is 3.28. The van der Waals surface area contributed by atoms with Crippen molar-refractivity contribution in [1.29, 1.82) is 0 Å². The highest BCUT2D eigenvalue weighted by Gasteiger charge is 2.37. The largest absolute Gasteiger partial charge is 0.374 e. The zero-order chi connectivity index (χ0) is 10.8. The van der Waals surface area contributed by atoms with Gasteiger partial charge in [-0.15, -0.1) is 10.2 Å². The number of nitrogens with one attached hydrogen (secondary N) is 1. The van der Waals surface area contributed by atoms with E-state index in [4.69, 9.17) is 5.73 Å². The number of nitrogens with zero attached hydrogens (tertiary/aromatic N) is 2. The monoisotopic (exact) mass is 226 g/mol. The molecule has 0 bridgehead atoms. The highest BCUT2D eigenvalue weighted by Crippen LogP contribution is 2.34. The van der Waals surface area contributed by atoms with E-state index >= 15 is 0 Å². The van der Waals surface area contributed by atoms with E-state index < -0.39 is 0 Å². The number of hydrogen-bond donors (Lipinski definition) is 2. The van der Waals surface area contributed by atoms with Gasteiger partial charge in [-0.2, -0.15) is 0 Å². The van der Waals surface area contributed by atoms with E-state index in [0.29, 0.717) is 22.1 Å². The molecule has 1 heterocycles. The third kappa shape index (κ3) is 2.44. The minimum atomic E-state index is -0.146. The van der Waals surface area contributed by atoms with Gasteiger partial charge in [-0.25, -0.2) is 0 Å². The normalized spacial score (nSPS) is 23.8. The van der Waals surface area contributed by atoms with Crippen LogP contribution in [-0.4, -0.2) is 22.1 Å². The Balaban J connectivity index is 1.84. The summed E-state index contributed by atoms with van der Waals surface area (Å²) in [6, 6.07) is 0.336. The smallest absolute Gasteiger partial charge is 0.282 e. The lowest BCUT2D eigenvalue weighted by Crippen LogP contribution is -2.26. The summed E-state index contributed by atoms with van der Waals surface area (Å²) in [7, 11) is 0. The Morgan fingerprint density at radius 3 is 3.07 bits per heavy atom. The Labute approximate surface area is 92.1 Å². The Hall–Kier alpha value is -1.17. The Morgan fingerprint density at radius 1 is 1.67 bits per heavy atom. The van der Waals surface area contributed by atoms with E-state index in [2.05, 4.69) is 22.4 Å². The Morgan fingerprint density at radius 2 is 2.47 bits per heavy atom. The van der Waals surface area contributed by atoms with Gasteiger partial charge in [0.2, 0.25) is 10.1 Å². The molecule has 0 saturated heterocycles. The standard InChI is InChI=1S/C9H14N4OS/c1-2-3-5-4-6(5)11-7(14)8-12-13-9(10)15-8/h5-6H,2-4H2,1H3,(H2,10,13)(H,11,14). The van der Waals surface area contributed by atoms with Crippen molar-refractivity contribution in [3.05, 3.63) is 5.01 Å². The highest BCUT2D eigenvalue weighted by molar-refractivity contribution is 7.16. The lowest BCUT2D eigenvalue weighted by molar-refractivity contribution is 0.0947. The van der Waals surface area contributed by atoms with Crippen molar-refractivity contribution >= 4 is 22.4 Å². The number of hydrogen-bond acceptors (Lipinski definition) is 5. The number of nitrogens with two attached hydrogens (primary N) is 1. The summed E-state index contributed by atoms with van der Waals surface area (Å²) >= 11 is 1.12. The van der Waals surface area contributed by atoms with Crippen LogP contribution in [0, 0.1) is 5.92 Å². The molecule has 2 unspecified atom stereocenters. The minimum Gasteiger partial charge on any atom is -0.374 e. The van der Waals surface area contributed by atoms with E-state index in [9.17, 15) is 4.79 Å². The number of nitrogen functional groups attached to an aromatic ring is 1. The topological polar surface area (TPSA) is 80.9 Å². The van der Waals surface area contributed by atoms with Gasteiger partial charge < -0.3 is 11.1 Å². The number of carbonyl (C=O) groups excluding carboxylic acids is 1. The fourth-order valence-corrected chi connectivity index (χ4v) is 2.18. The van der Waals surface area contributed by atoms with Gasteiger partial charge in [0.1, 0.15) is 0 Å². The van der Waals surface area contributed by atoms with Crippen LogP contribution in [0.5, 0.6) is 0 Å². The zero-order valence-electron chi connectivity index (χ0n) is 8.56. The van der Waals surface area contributed by atoms with Crippen molar-refractivity contribution < 1.29 is 4.79 Å². The number of amides is 1. The zero-order valence-corrected chi connectivity index (χ0v) is 9.38. The van der Waals surface area contributed by atoms with Gasteiger partial charge >= 0.3 is 0 Å². The van der Waals surface area contributed by atoms with Crippen LogP contribution >= 0.6 is 11.3 Å². The van der Waals surface area contributed by atoms with Crippen molar-refractivity contribution in [2.24, 2.45) is 5.92 Å². The molecule has 1 aromatic rings. The second kappa shape index (κ2) is 4.14. The second-order valence-corrected chi connectivity index (χ2v) is 4.82. The van der Waals surface area contributed by atoms with Crippen LogP contribution in [0.25, 0.3) is 0 Å². The van der Waals surface area contributed by atoms with Crippen LogP contribution in [0.1, 0.15) is 36.0 Å². The number of anilines is 1. The molecule has 1 aliphatic carbocycles. The molecule has 2 atom stereocenters. The van der Waals surface area contributed by atoms with Crippen LogP contribution in [0.2, 0.25) is 0 Å². The molecule has 3 N–H and O–H groups in total. The van der Waals surface area contributed by atoms with Crippen molar-refractivity contribution in [2.45, 2.75) is 32.2 Å². The SMILES string of the molecule is CCCC1CC1NC(=O)c1nnc(N)s1. The van der Waals surface area contributed by atoms with Gasteiger partial charge in [0.15, 0.2) is 0 Å². The minimum absolute atomic E-state index is 0.146. The number of rotatable bonds is 4. The van der Waals surface area contributed by atoms with Crippen LogP contribution in [-0.2, 0) is 0 Å². The van der Waals surface area contributed by atoms with E-state index in [-0.39, 0.29) is 5.91 Å². The molecule has 1 saturated carbocycles.